The quantitative estimate of drug-likeness (QED) is 0.375. The maximum atomic E-state index is 5.68. The maximum Gasteiger partial charge on any atom is 0.191 e. The largest absolute Gasteiger partial charge is 0.374 e. The van der Waals surface area contributed by atoms with Gasteiger partial charge < -0.3 is 15.4 Å². The van der Waals surface area contributed by atoms with Gasteiger partial charge in [0.25, 0.3) is 0 Å². The summed E-state index contributed by atoms with van der Waals surface area (Å²) in [6.07, 6.45) is 5.43. The zero-order chi connectivity index (χ0) is 16.5. The molecule has 4 nitrogen and oxygen atoms in total. The number of nitrogens with zero attached hydrogens (tertiary/aromatic N) is 1. The smallest absolute Gasteiger partial charge is 0.191 e. The molecule has 136 valence electrons. The Morgan fingerprint density at radius 3 is 2.62 bits per heavy atom. The van der Waals surface area contributed by atoms with Gasteiger partial charge in [-0.15, -0.1) is 24.0 Å². The van der Waals surface area contributed by atoms with Crippen LogP contribution in [-0.2, 0) is 17.9 Å². The fourth-order valence-corrected chi connectivity index (χ4v) is 2.83. The second-order valence-electron chi connectivity index (χ2n) is 6.50. The Hall–Kier alpha value is -0.820. The summed E-state index contributed by atoms with van der Waals surface area (Å²) in [6.45, 7) is 8.47. The average molecular weight is 445 g/mol. The molecule has 0 heterocycles. The molecule has 1 aromatic rings. The molecule has 0 spiro atoms. The van der Waals surface area contributed by atoms with Gasteiger partial charge in [0.05, 0.1) is 19.3 Å². The molecule has 0 aliphatic heterocycles. The summed E-state index contributed by atoms with van der Waals surface area (Å²) in [5.74, 6) is 0.934. The van der Waals surface area contributed by atoms with E-state index in [9.17, 15) is 0 Å². The number of aliphatic imine (C=N–C) groups is 1. The van der Waals surface area contributed by atoms with Gasteiger partial charge in [0.1, 0.15) is 0 Å². The molecule has 2 N–H and O–H groups in total. The lowest BCUT2D eigenvalue weighted by molar-refractivity contribution is 0.0657. The molecule has 2 rings (SSSR count). The van der Waals surface area contributed by atoms with E-state index in [-0.39, 0.29) is 30.1 Å². The Labute approximate surface area is 163 Å². The van der Waals surface area contributed by atoms with Crippen molar-refractivity contribution in [2.24, 2.45) is 4.99 Å². The molecule has 0 amide bonds. The summed E-state index contributed by atoms with van der Waals surface area (Å²) in [5.41, 5.74) is 2.43. The van der Waals surface area contributed by atoms with Crippen molar-refractivity contribution in [2.45, 2.75) is 71.8 Å². The summed E-state index contributed by atoms with van der Waals surface area (Å²) in [6, 6.07) is 9.09. The van der Waals surface area contributed by atoms with Crippen molar-refractivity contribution >= 4 is 29.9 Å². The number of rotatable bonds is 7. The first-order valence-corrected chi connectivity index (χ1v) is 8.91. The first kappa shape index (κ1) is 21.2. The van der Waals surface area contributed by atoms with Crippen LogP contribution in [0.4, 0.5) is 0 Å². The van der Waals surface area contributed by atoms with E-state index in [2.05, 4.69) is 55.7 Å². The molecule has 0 saturated heterocycles. The third-order valence-electron chi connectivity index (χ3n) is 4.03. The van der Waals surface area contributed by atoms with Crippen LogP contribution in [0.2, 0.25) is 0 Å². The van der Waals surface area contributed by atoms with E-state index in [1.54, 1.807) is 0 Å². The lowest BCUT2D eigenvalue weighted by Crippen LogP contribution is -2.42. The first-order valence-electron chi connectivity index (χ1n) is 8.91. The number of hydrogen-bond acceptors (Lipinski definition) is 2. The zero-order valence-electron chi connectivity index (χ0n) is 15.2. The number of hydrogen-bond donors (Lipinski definition) is 2. The van der Waals surface area contributed by atoms with E-state index >= 15 is 0 Å². The van der Waals surface area contributed by atoms with E-state index in [4.69, 9.17) is 9.73 Å². The van der Waals surface area contributed by atoms with Crippen LogP contribution in [0.3, 0.4) is 0 Å². The van der Waals surface area contributed by atoms with Crippen molar-refractivity contribution in [3.05, 3.63) is 35.4 Å². The Balaban J connectivity index is 0.00000288. The fraction of sp³-hybridized carbons (Fsp3) is 0.632. The maximum absolute atomic E-state index is 5.68. The van der Waals surface area contributed by atoms with Crippen LogP contribution in [0.5, 0.6) is 0 Å². The van der Waals surface area contributed by atoms with Crippen LogP contribution in [0.25, 0.3) is 0 Å². The monoisotopic (exact) mass is 445 g/mol. The Morgan fingerprint density at radius 2 is 1.96 bits per heavy atom. The highest BCUT2D eigenvalue weighted by Crippen LogP contribution is 2.17. The third-order valence-corrected chi connectivity index (χ3v) is 4.03. The van der Waals surface area contributed by atoms with Crippen LogP contribution < -0.4 is 10.6 Å². The summed E-state index contributed by atoms with van der Waals surface area (Å²) < 4.78 is 5.68. The predicted octanol–water partition coefficient (Wildman–Crippen LogP) is 4.23. The van der Waals surface area contributed by atoms with Crippen LogP contribution in [0, 0.1) is 0 Å². The molecule has 0 bridgehead atoms. The minimum absolute atomic E-state index is 0. The molecule has 1 aliphatic rings. The second-order valence-corrected chi connectivity index (χ2v) is 6.50. The lowest BCUT2D eigenvalue weighted by Gasteiger charge is -2.16. The molecule has 1 aliphatic carbocycles. The van der Waals surface area contributed by atoms with Crippen molar-refractivity contribution in [1.82, 2.24) is 10.6 Å². The van der Waals surface area contributed by atoms with E-state index in [0.717, 1.165) is 12.5 Å². The zero-order valence-corrected chi connectivity index (χ0v) is 17.5. The average Bonchev–Trinajstić information content (AvgIpc) is 3.04. The molecular weight excluding hydrogens is 413 g/mol. The third kappa shape index (κ3) is 7.83. The normalized spacial score (nSPS) is 15.4. The topological polar surface area (TPSA) is 45.7 Å². The molecule has 24 heavy (non-hydrogen) atoms. The van der Waals surface area contributed by atoms with Crippen LogP contribution in [-0.4, -0.2) is 24.7 Å². The highest BCUT2D eigenvalue weighted by Gasteiger charge is 2.15. The molecule has 1 fully saturated rings. The molecule has 1 aromatic carbocycles. The molecular formula is C19H32IN3O. The van der Waals surface area contributed by atoms with Crippen LogP contribution in [0.15, 0.2) is 29.3 Å². The molecule has 0 radical (unpaired) electrons. The van der Waals surface area contributed by atoms with Gasteiger partial charge in [-0.3, -0.25) is 0 Å². The minimum atomic E-state index is 0. The van der Waals surface area contributed by atoms with Gasteiger partial charge in [-0.25, -0.2) is 4.99 Å². The number of benzene rings is 1. The first-order chi connectivity index (χ1) is 11.2. The summed E-state index contributed by atoms with van der Waals surface area (Å²) in [4.78, 5) is 4.74. The van der Waals surface area contributed by atoms with Crippen LogP contribution >= 0.6 is 24.0 Å². The molecule has 5 heteroatoms. The second kappa shape index (κ2) is 11.7. The summed E-state index contributed by atoms with van der Waals surface area (Å²) >= 11 is 0. The van der Waals surface area contributed by atoms with Gasteiger partial charge in [-0.05, 0) is 44.7 Å². The fourth-order valence-electron chi connectivity index (χ4n) is 2.83. The van der Waals surface area contributed by atoms with Gasteiger partial charge in [0.2, 0.25) is 0 Å². The summed E-state index contributed by atoms with van der Waals surface area (Å²) in [5, 5.41) is 6.90. The van der Waals surface area contributed by atoms with Gasteiger partial charge in [0, 0.05) is 12.6 Å². The number of ether oxygens (including phenoxy) is 1. The van der Waals surface area contributed by atoms with Gasteiger partial charge >= 0.3 is 0 Å². The van der Waals surface area contributed by atoms with E-state index in [1.165, 1.54) is 36.8 Å². The molecule has 0 atom stereocenters. The van der Waals surface area contributed by atoms with Crippen molar-refractivity contribution in [2.75, 3.05) is 6.54 Å². The Morgan fingerprint density at radius 1 is 1.25 bits per heavy atom. The standard InChI is InChI=1S/C19H31N3O.HI/c1-4-20-19(22-18-10-5-6-11-18)21-13-16-8-7-9-17(12-16)14-23-15(2)3;/h7-9,12,15,18H,4-6,10-11,13-14H2,1-3H3,(H2,20,21,22);1H. The lowest BCUT2D eigenvalue weighted by atomic mass is 10.1. The number of guanidine groups is 1. The Bertz CT molecular complexity index is 499. The SMILES string of the molecule is CCNC(=NCc1cccc(COC(C)C)c1)NC1CCCC1.I. The van der Waals surface area contributed by atoms with Crippen molar-refractivity contribution < 1.29 is 4.74 Å². The van der Waals surface area contributed by atoms with Gasteiger partial charge in [-0.1, -0.05) is 37.1 Å². The molecule has 0 unspecified atom stereocenters. The van der Waals surface area contributed by atoms with Crippen molar-refractivity contribution in [3.8, 4) is 0 Å². The van der Waals surface area contributed by atoms with E-state index in [0.29, 0.717) is 19.2 Å². The number of nitrogens with one attached hydrogen (secondary N) is 2. The van der Waals surface area contributed by atoms with Crippen LogP contribution in [0.1, 0.15) is 57.6 Å². The van der Waals surface area contributed by atoms with Gasteiger partial charge in [-0.2, -0.15) is 0 Å². The number of halogens is 1. The summed E-state index contributed by atoms with van der Waals surface area (Å²) in [7, 11) is 0. The molecule has 1 saturated carbocycles. The highest BCUT2D eigenvalue weighted by molar-refractivity contribution is 14.0. The Kier molecular flexibility index (Phi) is 10.3. The minimum Gasteiger partial charge on any atom is -0.374 e. The van der Waals surface area contributed by atoms with Gasteiger partial charge in [0.15, 0.2) is 5.96 Å². The van der Waals surface area contributed by atoms with Crippen molar-refractivity contribution in [3.63, 3.8) is 0 Å². The predicted molar refractivity (Wildman–Crippen MR) is 112 cm³/mol. The molecule has 0 aromatic heterocycles. The highest BCUT2D eigenvalue weighted by atomic mass is 127. The van der Waals surface area contributed by atoms with Crippen molar-refractivity contribution in [1.29, 1.82) is 0 Å². The van der Waals surface area contributed by atoms with E-state index in [1.807, 2.05) is 0 Å². The van der Waals surface area contributed by atoms with E-state index < -0.39 is 0 Å².